The maximum absolute atomic E-state index is 6.16. The molecule has 1 atom stereocenters. The summed E-state index contributed by atoms with van der Waals surface area (Å²) in [5.41, 5.74) is 4.33. The van der Waals surface area contributed by atoms with Crippen LogP contribution in [0.3, 0.4) is 0 Å². The van der Waals surface area contributed by atoms with Crippen LogP contribution in [0.25, 0.3) is 0 Å². The minimum absolute atomic E-state index is 0.346. The number of fused-ring (bicyclic) bond motifs is 1. The first-order chi connectivity index (χ1) is 10.9. The van der Waals surface area contributed by atoms with Gasteiger partial charge in [0.1, 0.15) is 0 Å². The fourth-order valence-electron chi connectivity index (χ4n) is 3.88. The SMILES string of the molecule is c1cc2c(c(CN3CCC(OC4CCOC4)CC3)c1)NCC2. The van der Waals surface area contributed by atoms with Crippen LogP contribution in [0.2, 0.25) is 0 Å². The zero-order valence-electron chi connectivity index (χ0n) is 13.2. The lowest BCUT2D eigenvalue weighted by Gasteiger charge is -2.33. The van der Waals surface area contributed by atoms with E-state index < -0.39 is 0 Å². The van der Waals surface area contributed by atoms with Crippen molar-refractivity contribution in [2.45, 2.75) is 44.4 Å². The van der Waals surface area contributed by atoms with Crippen LogP contribution in [0.15, 0.2) is 18.2 Å². The maximum atomic E-state index is 6.16. The highest BCUT2D eigenvalue weighted by molar-refractivity contribution is 5.61. The first-order valence-electron chi connectivity index (χ1n) is 8.69. The van der Waals surface area contributed by atoms with Gasteiger partial charge < -0.3 is 14.8 Å². The third-order valence-corrected chi connectivity index (χ3v) is 5.13. The molecule has 22 heavy (non-hydrogen) atoms. The summed E-state index contributed by atoms with van der Waals surface area (Å²) in [6, 6.07) is 6.73. The monoisotopic (exact) mass is 302 g/mol. The van der Waals surface area contributed by atoms with Crippen molar-refractivity contribution in [1.29, 1.82) is 0 Å². The molecule has 0 spiro atoms. The molecule has 1 N–H and O–H groups in total. The average Bonchev–Trinajstić information content (AvgIpc) is 3.21. The van der Waals surface area contributed by atoms with Gasteiger partial charge in [-0.05, 0) is 36.8 Å². The van der Waals surface area contributed by atoms with Crippen molar-refractivity contribution in [2.24, 2.45) is 0 Å². The number of hydrogen-bond donors (Lipinski definition) is 1. The maximum Gasteiger partial charge on any atom is 0.0834 e. The normalized spacial score (nSPS) is 26.1. The zero-order chi connectivity index (χ0) is 14.8. The minimum atomic E-state index is 0.346. The number of nitrogens with one attached hydrogen (secondary N) is 1. The lowest BCUT2D eigenvalue weighted by atomic mass is 10.0. The summed E-state index contributed by atoms with van der Waals surface area (Å²) < 4.78 is 11.6. The molecule has 1 unspecified atom stereocenters. The molecular weight excluding hydrogens is 276 g/mol. The van der Waals surface area contributed by atoms with Crippen molar-refractivity contribution in [3.05, 3.63) is 29.3 Å². The number of benzene rings is 1. The highest BCUT2D eigenvalue weighted by atomic mass is 16.5. The van der Waals surface area contributed by atoms with E-state index in [4.69, 9.17) is 9.47 Å². The first kappa shape index (κ1) is 14.5. The van der Waals surface area contributed by atoms with Crippen molar-refractivity contribution in [2.75, 3.05) is 38.2 Å². The number of nitrogens with zero attached hydrogens (tertiary/aromatic N) is 1. The van der Waals surface area contributed by atoms with Crippen molar-refractivity contribution < 1.29 is 9.47 Å². The summed E-state index contributed by atoms with van der Waals surface area (Å²) in [7, 11) is 0. The van der Waals surface area contributed by atoms with Gasteiger partial charge in [-0.2, -0.15) is 0 Å². The first-order valence-corrected chi connectivity index (χ1v) is 8.69. The second kappa shape index (κ2) is 6.57. The second-order valence-electron chi connectivity index (χ2n) is 6.73. The highest BCUT2D eigenvalue weighted by Gasteiger charge is 2.25. The summed E-state index contributed by atoms with van der Waals surface area (Å²) in [5, 5.41) is 3.55. The van der Waals surface area contributed by atoms with Crippen molar-refractivity contribution >= 4 is 5.69 Å². The van der Waals surface area contributed by atoms with Crippen molar-refractivity contribution in [3.63, 3.8) is 0 Å². The van der Waals surface area contributed by atoms with E-state index in [-0.39, 0.29) is 0 Å². The Balaban J connectivity index is 1.30. The van der Waals surface area contributed by atoms with Gasteiger partial charge in [-0.1, -0.05) is 18.2 Å². The van der Waals surface area contributed by atoms with E-state index in [1.165, 1.54) is 23.2 Å². The van der Waals surface area contributed by atoms with Crippen LogP contribution in [-0.2, 0) is 22.4 Å². The number of ether oxygens (including phenoxy) is 2. The van der Waals surface area contributed by atoms with E-state index in [0.29, 0.717) is 12.2 Å². The molecule has 0 saturated carbocycles. The highest BCUT2D eigenvalue weighted by Crippen LogP contribution is 2.28. The van der Waals surface area contributed by atoms with Crippen molar-refractivity contribution in [1.82, 2.24) is 4.90 Å². The van der Waals surface area contributed by atoms with Crippen LogP contribution in [0, 0.1) is 0 Å². The van der Waals surface area contributed by atoms with Crippen LogP contribution in [0.4, 0.5) is 5.69 Å². The van der Waals surface area contributed by atoms with Crippen molar-refractivity contribution in [3.8, 4) is 0 Å². The van der Waals surface area contributed by atoms with Gasteiger partial charge in [0.05, 0.1) is 18.8 Å². The van der Waals surface area contributed by atoms with Gasteiger partial charge >= 0.3 is 0 Å². The minimum Gasteiger partial charge on any atom is -0.384 e. The molecule has 1 aromatic carbocycles. The predicted molar refractivity (Wildman–Crippen MR) is 87.2 cm³/mol. The van der Waals surface area contributed by atoms with E-state index in [0.717, 1.165) is 58.7 Å². The van der Waals surface area contributed by atoms with E-state index in [2.05, 4.69) is 28.4 Å². The molecule has 4 rings (SSSR count). The fraction of sp³-hybridized carbons (Fsp3) is 0.667. The number of likely N-dealkylation sites (tertiary alicyclic amines) is 1. The Morgan fingerprint density at radius 2 is 2.09 bits per heavy atom. The molecule has 0 aliphatic carbocycles. The lowest BCUT2D eigenvalue weighted by Crippen LogP contribution is -2.38. The second-order valence-corrected chi connectivity index (χ2v) is 6.73. The van der Waals surface area contributed by atoms with Crippen LogP contribution < -0.4 is 5.32 Å². The summed E-state index contributed by atoms with van der Waals surface area (Å²) in [5.74, 6) is 0. The molecular formula is C18H26N2O2. The number of rotatable bonds is 4. The van der Waals surface area contributed by atoms with E-state index in [1.54, 1.807) is 0 Å². The Hall–Kier alpha value is -1.10. The van der Waals surface area contributed by atoms with E-state index in [9.17, 15) is 0 Å². The molecule has 0 amide bonds. The standard InChI is InChI=1S/C18H26N2O2/c1-2-14-4-8-19-18(14)15(3-1)12-20-9-5-16(6-10-20)22-17-7-11-21-13-17/h1-3,16-17,19H,4-13H2. The number of anilines is 1. The molecule has 0 bridgehead atoms. The van der Waals surface area contributed by atoms with Crippen LogP contribution in [0.1, 0.15) is 30.4 Å². The van der Waals surface area contributed by atoms with Gasteiger partial charge in [-0.25, -0.2) is 0 Å². The number of piperidine rings is 1. The third kappa shape index (κ3) is 3.14. The Morgan fingerprint density at radius 1 is 1.18 bits per heavy atom. The van der Waals surface area contributed by atoms with Crippen LogP contribution in [-0.4, -0.2) is 50.0 Å². The lowest BCUT2D eigenvalue weighted by molar-refractivity contribution is -0.0448. The van der Waals surface area contributed by atoms with Gasteiger partial charge in [0.2, 0.25) is 0 Å². The zero-order valence-corrected chi connectivity index (χ0v) is 13.2. The summed E-state index contributed by atoms with van der Waals surface area (Å²) in [6.45, 7) is 6.10. The molecule has 0 aromatic heterocycles. The van der Waals surface area contributed by atoms with E-state index >= 15 is 0 Å². The molecule has 0 radical (unpaired) electrons. The molecule has 4 heteroatoms. The smallest absolute Gasteiger partial charge is 0.0834 e. The Bertz CT molecular complexity index is 506. The Labute approximate surface area is 132 Å². The van der Waals surface area contributed by atoms with Crippen LogP contribution in [0.5, 0.6) is 0 Å². The molecule has 2 saturated heterocycles. The molecule has 3 heterocycles. The summed E-state index contributed by atoms with van der Waals surface area (Å²) in [6.07, 6.45) is 5.32. The molecule has 120 valence electrons. The number of para-hydroxylation sites is 1. The van der Waals surface area contributed by atoms with Crippen LogP contribution >= 0.6 is 0 Å². The summed E-state index contributed by atoms with van der Waals surface area (Å²) >= 11 is 0. The van der Waals surface area contributed by atoms with Gasteiger partial charge in [0.25, 0.3) is 0 Å². The van der Waals surface area contributed by atoms with Gasteiger partial charge in [0.15, 0.2) is 0 Å². The van der Waals surface area contributed by atoms with Gasteiger partial charge in [-0.15, -0.1) is 0 Å². The summed E-state index contributed by atoms with van der Waals surface area (Å²) in [4.78, 5) is 2.57. The topological polar surface area (TPSA) is 33.7 Å². The third-order valence-electron chi connectivity index (χ3n) is 5.13. The number of hydrogen-bond acceptors (Lipinski definition) is 4. The fourth-order valence-corrected chi connectivity index (χ4v) is 3.88. The molecule has 2 fully saturated rings. The quantitative estimate of drug-likeness (QED) is 0.926. The molecule has 4 nitrogen and oxygen atoms in total. The molecule has 3 aliphatic rings. The molecule has 3 aliphatic heterocycles. The predicted octanol–water partition coefficient (Wildman–Crippen LogP) is 2.42. The molecule has 1 aromatic rings. The average molecular weight is 302 g/mol. The Morgan fingerprint density at radius 3 is 2.91 bits per heavy atom. The largest absolute Gasteiger partial charge is 0.384 e. The van der Waals surface area contributed by atoms with E-state index in [1.807, 2.05) is 0 Å². The van der Waals surface area contributed by atoms with Gasteiger partial charge in [0, 0.05) is 38.5 Å². The van der Waals surface area contributed by atoms with Gasteiger partial charge in [-0.3, -0.25) is 4.90 Å². The Kier molecular flexibility index (Phi) is 4.33.